The first-order valence-corrected chi connectivity index (χ1v) is 5.57. The minimum atomic E-state index is 0.135. The van der Waals surface area contributed by atoms with Gasteiger partial charge in [0, 0.05) is 6.54 Å². The number of hydrogen-bond acceptors (Lipinski definition) is 4. The van der Waals surface area contributed by atoms with Gasteiger partial charge in [-0.3, -0.25) is 5.32 Å². The molecule has 2 heterocycles. The van der Waals surface area contributed by atoms with Gasteiger partial charge in [-0.25, -0.2) is 0 Å². The Bertz CT molecular complexity index is 399. The van der Waals surface area contributed by atoms with E-state index in [0.717, 1.165) is 18.0 Å². The Kier molecular flexibility index (Phi) is 2.46. The van der Waals surface area contributed by atoms with Crippen molar-refractivity contribution in [2.24, 2.45) is 0 Å². The molecule has 86 valence electrons. The average molecular weight is 221 g/mol. The summed E-state index contributed by atoms with van der Waals surface area (Å²) in [6.07, 6.45) is 0.135. The molecule has 1 atom stereocenters. The van der Waals surface area contributed by atoms with E-state index in [1.807, 2.05) is 12.1 Å². The fraction of sp³-hybridized carbons (Fsp3) is 0.500. The predicted octanol–water partition coefficient (Wildman–Crippen LogP) is 1.38. The molecule has 16 heavy (non-hydrogen) atoms. The van der Waals surface area contributed by atoms with Crippen molar-refractivity contribution >= 4 is 0 Å². The third-order valence-corrected chi connectivity index (χ3v) is 2.99. The number of aryl methyl sites for hydroxylation is 1. The molecular formula is C12H15NO3. The zero-order chi connectivity index (χ0) is 11.0. The molecule has 2 aliphatic heterocycles. The summed E-state index contributed by atoms with van der Waals surface area (Å²) < 4.78 is 16.7. The molecule has 0 spiro atoms. The third kappa shape index (κ3) is 1.64. The first-order chi connectivity index (χ1) is 7.84. The van der Waals surface area contributed by atoms with Gasteiger partial charge in [0.1, 0.15) is 13.2 Å². The maximum atomic E-state index is 5.60. The maximum Gasteiger partial charge on any atom is 0.161 e. The number of ether oxygens (including phenoxy) is 3. The lowest BCUT2D eigenvalue weighted by molar-refractivity contribution is 0.112. The summed E-state index contributed by atoms with van der Waals surface area (Å²) in [6, 6.07) is 4.08. The van der Waals surface area contributed by atoms with Crippen molar-refractivity contribution < 1.29 is 14.2 Å². The monoisotopic (exact) mass is 221 g/mol. The van der Waals surface area contributed by atoms with Crippen LogP contribution in [0.25, 0.3) is 0 Å². The number of hydrogen-bond donors (Lipinski definition) is 1. The molecule has 1 saturated heterocycles. The maximum absolute atomic E-state index is 5.60. The second-order valence-corrected chi connectivity index (χ2v) is 4.11. The van der Waals surface area contributed by atoms with Crippen LogP contribution in [-0.2, 0) is 4.74 Å². The summed E-state index contributed by atoms with van der Waals surface area (Å²) in [5.41, 5.74) is 2.38. The lowest BCUT2D eigenvalue weighted by Crippen LogP contribution is -2.16. The van der Waals surface area contributed by atoms with Crippen LogP contribution in [0.3, 0.4) is 0 Å². The molecule has 1 N–H and O–H groups in total. The molecule has 0 amide bonds. The topological polar surface area (TPSA) is 39.7 Å². The number of nitrogens with one attached hydrogen (secondary N) is 1. The summed E-state index contributed by atoms with van der Waals surface area (Å²) in [7, 11) is 0. The Balaban J connectivity index is 1.98. The quantitative estimate of drug-likeness (QED) is 0.777. The van der Waals surface area contributed by atoms with Gasteiger partial charge in [0.2, 0.25) is 0 Å². The van der Waals surface area contributed by atoms with E-state index in [-0.39, 0.29) is 6.10 Å². The standard InChI is InChI=1S/C12H15NO3/c1-8-4-10-11(15-3-2-14-10)5-9(8)12-6-13-7-16-12/h4-5,12-13H,2-3,6-7H2,1H3. The largest absolute Gasteiger partial charge is 0.486 e. The van der Waals surface area contributed by atoms with Crippen molar-refractivity contribution in [3.8, 4) is 11.5 Å². The Morgan fingerprint density at radius 1 is 1.19 bits per heavy atom. The summed E-state index contributed by atoms with van der Waals surface area (Å²) in [4.78, 5) is 0. The van der Waals surface area contributed by atoms with Gasteiger partial charge in [0.05, 0.1) is 12.8 Å². The van der Waals surface area contributed by atoms with E-state index in [4.69, 9.17) is 14.2 Å². The minimum Gasteiger partial charge on any atom is -0.486 e. The van der Waals surface area contributed by atoms with Crippen LogP contribution in [-0.4, -0.2) is 26.5 Å². The molecule has 3 rings (SSSR count). The molecule has 4 heteroatoms. The fourth-order valence-electron chi connectivity index (χ4n) is 2.16. The van der Waals surface area contributed by atoms with Crippen LogP contribution in [0.2, 0.25) is 0 Å². The Hall–Kier alpha value is -1.26. The highest BCUT2D eigenvalue weighted by Crippen LogP contribution is 2.36. The zero-order valence-electron chi connectivity index (χ0n) is 9.29. The smallest absolute Gasteiger partial charge is 0.161 e. The molecule has 0 radical (unpaired) electrons. The molecule has 1 unspecified atom stereocenters. The predicted molar refractivity (Wildman–Crippen MR) is 58.9 cm³/mol. The minimum absolute atomic E-state index is 0.135. The normalized spacial score (nSPS) is 23.4. The zero-order valence-corrected chi connectivity index (χ0v) is 9.29. The summed E-state index contributed by atoms with van der Waals surface area (Å²) in [5, 5.41) is 3.18. The highest BCUT2D eigenvalue weighted by molar-refractivity contribution is 5.48. The van der Waals surface area contributed by atoms with Gasteiger partial charge in [0.15, 0.2) is 11.5 Å². The van der Waals surface area contributed by atoms with E-state index in [1.54, 1.807) is 0 Å². The van der Waals surface area contributed by atoms with Gasteiger partial charge in [-0.15, -0.1) is 0 Å². The van der Waals surface area contributed by atoms with Gasteiger partial charge in [0.25, 0.3) is 0 Å². The highest BCUT2D eigenvalue weighted by Gasteiger charge is 2.22. The third-order valence-electron chi connectivity index (χ3n) is 2.99. The van der Waals surface area contributed by atoms with Crippen molar-refractivity contribution in [2.45, 2.75) is 13.0 Å². The molecule has 0 bridgehead atoms. The number of rotatable bonds is 1. The summed E-state index contributed by atoms with van der Waals surface area (Å²) >= 11 is 0. The van der Waals surface area contributed by atoms with E-state index in [1.165, 1.54) is 11.1 Å². The first kappa shape index (κ1) is 9.93. The fourth-order valence-corrected chi connectivity index (χ4v) is 2.16. The number of fused-ring (bicyclic) bond motifs is 1. The van der Waals surface area contributed by atoms with Gasteiger partial charge < -0.3 is 14.2 Å². The second-order valence-electron chi connectivity index (χ2n) is 4.11. The average Bonchev–Trinajstić information content (AvgIpc) is 2.81. The van der Waals surface area contributed by atoms with Crippen molar-refractivity contribution in [2.75, 3.05) is 26.5 Å². The van der Waals surface area contributed by atoms with Crippen LogP contribution in [0.5, 0.6) is 11.5 Å². The molecular weight excluding hydrogens is 206 g/mol. The molecule has 1 fully saturated rings. The van der Waals surface area contributed by atoms with Crippen LogP contribution in [0.4, 0.5) is 0 Å². The van der Waals surface area contributed by atoms with Crippen molar-refractivity contribution in [1.82, 2.24) is 5.32 Å². The van der Waals surface area contributed by atoms with Gasteiger partial charge in [-0.1, -0.05) is 0 Å². The van der Waals surface area contributed by atoms with E-state index in [2.05, 4.69) is 12.2 Å². The molecule has 2 aliphatic rings. The van der Waals surface area contributed by atoms with Crippen molar-refractivity contribution in [3.05, 3.63) is 23.3 Å². The summed E-state index contributed by atoms with van der Waals surface area (Å²) in [5.74, 6) is 1.68. The van der Waals surface area contributed by atoms with E-state index >= 15 is 0 Å². The molecule has 1 aromatic carbocycles. The van der Waals surface area contributed by atoms with Gasteiger partial charge in [-0.05, 0) is 30.2 Å². The number of benzene rings is 1. The van der Waals surface area contributed by atoms with Crippen molar-refractivity contribution in [3.63, 3.8) is 0 Å². The molecule has 0 saturated carbocycles. The summed E-state index contributed by atoms with van der Waals surface area (Å²) in [6.45, 7) is 4.82. The van der Waals surface area contributed by atoms with Gasteiger partial charge in [-0.2, -0.15) is 0 Å². The van der Waals surface area contributed by atoms with Crippen LogP contribution in [0.15, 0.2) is 12.1 Å². The van der Waals surface area contributed by atoms with E-state index in [9.17, 15) is 0 Å². The second kappa shape index (κ2) is 3.96. The Labute approximate surface area is 94.5 Å². The molecule has 1 aromatic rings. The van der Waals surface area contributed by atoms with Gasteiger partial charge >= 0.3 is 0 Å². The van der Waals surface area contributed by atoms with E-state index in [0.29, 0.717) is 19.9 Å². The molecule has 0 aromatic heterocycles. The SMILES string of the molecule is Cc1cc2c(cc1C1CNCO1)OCCO2. The van der Waals surface area contributed by atoms with E-state index < -0.39 is 0 Å². The van der Waals surface area contributed by atoms with Crippen LogP contribution >= 0.6 is 0 Å². The lowest BCUT2D eigenvalue weighted by Gasteiger charge is -2.21. The Morgan fingerprint density at radius 3 is 2.62 bits per heavy atom. The molecule has 4 nitrogen and oxygen atoms in total. The van der Waals surface area contributed by atoms with Crippen LogP contribution in [0.1, 0.15) is 17.2 Å². The molecule has 0 aliphatic carbocycles. The highest BCUT2D eigenvalue weighted by atomic mass is 16.6. The van der Waals surface area contributed by atoms with Crippen LogP contribution < -0.4 is 14.8 Å². The first-order valence-electron chi connectivity index (χ1n) is 5.57. The van der Waals surface area contributed by atoms with Crippen molar-refractivity contribution in [1.29, 1.82) is 0 Å². The van der Waals surface area contributed by atoms with Crippen LogP contribution in [0, 0.1) is 6.92 Å². The lowest BCUT2D eigenvalue weighted by atomic mass is 10.0. The Morgan fingerprint density at radius 2 is 1.94 bits per heavy atom.